The average Bonchev–Trinajstić information content (AvgIpc) is 3.41. The van der Waals surface area contributed by atoms with Gasteiger partial charge < -0.3 is 4.74 Å². The molecule has 182 valence electrons. The number of unbranched alkanes of at least 4 members (excludes halogenated alkanes) is 1. The molecule has 2 saturated carbocycles. The molecule has 1 amide bonds. The summed E-state index contributed by atoms with van der Waals surface area (Å²) in [6.45, 7) is 9.13. The lowest BCUT2D eigenvalue weighted by Gasteiger charge is -2.37. The first kappa shape index (κ1) is 23.3. The Morgan fingerprint density at radius 3 is 2.64 bits per heavy atom. The molecule has 2 bridgehead atoms. The van der Waals surface area contributed by atoms with E-state index < -0.39 is 15.9 Å². The van der Waals surface area contributed by atoms with Crippen molar-refractivity contribution in [2.45, 2.75) is 71.6 Å². The third kappa shape index (κ3) is 3.66. The van der Waals surface area contributed by atoms with Gasteiger partial charge in [-0.25, -0.2) is 12.7 Å². The summed E-state index contributed by atoms with van der Waals surface area (Å²) in [5, 5.41) is 0. The molecule has 5 atom stereocenters. The van der Waals surface area contributed by atoms with E-state index in [1.54, 1.807) is 0 Å². The van der Waals surface area contributed by atoms with Crippen LogP contribution in [0.3, 0.4) is 0 Å². The van der Waals surface area contributed by atoms with Gasteiger partial charge in [-0.1, -0.05) is 57.5 Å². The van der Waals surface area contributed by atoms with E-state index >= 15 is 0 Å². The Bertz CT molecular complexity index is 995. The van der Waals surface area contributed by atoms with Gasteiger partial charge >= 0.3 is 0 Å². The summed E-state index contributed by atoms with van der Waals surface area (Å²) >= 11 is 0. The lowest BCUT2D eigenvalue weighted by atomic mass is 9.69. The number of benzene rings is 1. The minimum Gasteiger partial charge on any atom is -0.376 e. The van der Waals surface area contributed by atoms with Crippen LogP contribution in [0.15, 0.2) is 30.3 Å². The first-order valence-electron chi connectivity index (χ1n) is 12.6. The van der Waals surface area contributed by atoms with E-state index in [-0.39, 0.29) is 34.6 Å². The molecule has 4 aliphatic rings. The van der Waals surface area contributed by atoms with Crippen molar-refractivity contribution in [3.63, 3.8) is 0 Å². The lowest BCUT2D eigenvalue weighted by Crippen LogP contribution is -2.48. The zero-order valence-electron chi connectivity index (χ0n) is 20.2. The first-order chi connectivity index (χ1) is 15.7. The monoisotopic (exact) mass is 474 g/mol. The summed E-state index contributed by atoms with van der Waals surface area (Å²) in [7, 11) is -3.61. The maximum absolute atomic E-state index is 14.0. The molecule has 6 nitrogen and oxygen atoms in total. The van der Waals surface area contributed by atoms with Crippen molar-refractivity contribution in [1.82, 2.24) is 9.21 Å². The summed E-state index contributed by atoms with van der Waals surface area (Å²) < 4.78 is 34.4. The number of amides is 1. The number of carbonyl (C=O) groups excluding carboxylic acids is 1. The highest BCUT2D eigenvalue weighted by atomic mass is 32.2. The quantitative estimate of drug-likeness (QED) is 0.564. The van der Waals surface area contributed by atoms with E-state index in [9.17, 15) is 13.2 Å². The minimum atomic E-state index is -3.61. The SMILES string of the molecule is CCCCO[C@@H]1CN(Cc2ccccc2)CC1C(=O)N1C2CC3CCC2(CS1(=O)=O)C3(C)C. The van der Waals surface area contributed by atoms with E-state index in [1.165, 1.54) is 9.87 Å². The van der Waals surface area contributed by atoms with Crippen molar-refractivity contribution in [1.29, 1.82) is 0 Å². The van der Waals surface area contributed by atoms with Gasteiger partial charge in [0.2, 0.25) is 15.9 Å². The predicted octanol–water partition coefficient (Wildman–Crippen LogP) is 3.67. The maximum atomic E-state index is 14.0. The van der Waals surface area contributed by atoms with E-state index in [4.69, 9.17) is 4.74 Å². The summed E-state index contributed by atoms with van der Waals surface area (Å²) in [5.41, 5.74) is 0.874. The number of fused-ring (bicyclic) bond motifs is 1. The van der Waals surface area contributed by atoms with Crippen LogP contribution in [0.25, 0.3) is 0 Å². The average molecular weight is 475 g/mol. The smallest absolute Gasteiger partial charge is 0.243 e. The second kappa shape index (κ2) is 8.35. The van der Waals surface area contributed by atoms with Crippen LogP contribution < -0.4 is 0 Å². The summed E-state index contributed by atoms with van der Waals surface area (Å²) in [6, 6.07) is 10.1. The van der Waals surface area contributed by atoms with Crippen molar-refractivity contribution in [3.05, 3.63) is 35.9 Å². The molecule has 2 aliphatic carbocycles. The number of hydrogen-bond donors (Lipinski definition) is 0. The van der Waals surface area contributed by atoms with E-state index in [0.29, 0.717) is 25.6 Å². The van der Waals surface area contributed by atoms with Crippen molar-refractivity contribution in [2.24, 2.45) is 22.7 Å². The van der Waals surface area contributed by atoms with Crippen molar-refractivity contribution >= 4 is 15.9 Å². The highest BCUT2D eigenvalue weighted by Gasteiger charge is 2.72. The zero-order chi connectivity index (χ0) is 23.4. The van der Waals surface area contributed by atoms with Gasteiger partial charge in [-0.05, 0) is 42.6 Å². The summed E-state index contributed by atoms with van der Waals surface area (Å²) in [4.78, 5) is 16.2. The molecule has 1 aromatic carbocycles. The lowest BCUT2D eigenvalue weighted by molar-refractivity contribution is -0.136. The molecule has 33 heavy (non-hydrogen) atoms. The summed E-state index contributed by atoms with van der Waals surface area (Å²) in [6.07, 6.45) is 4.53. The number of carbonyl (C=O) groups is 1. The van der Waals surface area contributed by atoms with Crippen molar-refractivity contribution in [3.8, 4) is 0 Å². The van der Waals surface area contributed by atoms with Crippen LogP contribution >= 0.6 is 0 Å². The van der Waals surface area contributed by atoms with Crippen LogP contribution in [-0.2, 0) is 26.1 Å². The van der Waals surface area contributed by atoms with Gasteiger partial charge in [0.05, 0.1) is 23.8 Å². The molecule has 4 unspecified atom stereocenters. The fourth-order valence-electron chi connectivity index (χ4n) is 7.35. The predicted molar refractivity (Wildman–Crippen MR) is 128 cm³/mol. The minimum absolute atomic E-state index is 0.0359. The Kier molecular flexibility index (Phi) is 5.90. The van der Waals surface area contributed by atoms with E-state index in [1.807, 2.05) is 18.2 Å². The molecule has 2 saturated heterocycles. The second-order valence-electron chi connectivity index (χ2n) is 11.3. The number of nitrogens with zero attached hydrogens (tertiary/aromatic N) is 2. The van der Waals surface area contributed by atoms with Crippen LogP contribution in [0.1, 0.15) is 58.4 Å². The standard InChI is InChI=1S/C26H38N2O4S/c1-4-5-13-32-22-17-27(15-19-9-7-6-8-10-19)16-21(22)24(29)28-23-14-20-11-12-26(23,25(20,2)3)18-33(28,30)31/h6-10,20-23H,4-5,11-18H2,1-3H3/t20?,21?,22-,23?,26?/m1/s1. The maximum Gasteiger partial charge on any atom is 0.243 e. The topological polar surface area (TPSA) is 66.9 Å². The van der Waals surface area contributed by atoms with Crippen LogP contribution in [-0.4, -0.2) is 61.1 Å². The van der Waals surface area contributed by atoms with E-state index in [2.05, 4.69) is 37.8 Å². The Labute approximate surface area is 198 Å². The van der Waals surface area contributed by atoms with Gasteiger partial charge in [0.1, 0.15) is 0 Å². The zero-order valence-corrected chi connectivity index (χ0v) is 21.0. The molecule has 1 spiro atoms. The largest absolute Gasteiger partial charge is 0.376 e. The van der Waals surface area contributed by atoms with E-state index in [0.717, 1.165) is 38.6 Å². The molecule has 4 fully saturated rings. The Morgan fingerprint density at radius 2 is 1.94 bits per heavy atom. The van der Waals surface area contributed by atoms with Gasteiger partial charge in [-0.15, -0.1) is 0 Å². The molecular weight excluding hydrogens is 436 g/mol. The third-order valence-corrected chi connectivity index (χ3v) is 11.3. The van der Waals surface area contributed by atoms with Gasteiger partial charge in [0.25, 0.3) is 0 Å². The number of hydrogen-bond acceptors (Lipinski definition) is 5. The summed E-state index contributed by atoms with van der Waals surface area (Å²) in [5.74, 6) is -0.0279. The van der Waals surface area contributed by atoms with Crippen molar-refractivity contribution < 1.29 is 17.9 Å². The number of likely N-dealkylation sites (tertiary alicyclic amines) is 1. The Balaban J connectivity index is 1.39. The van der Waals surface area contributed by atoms with Gasteiger partial charge in [0.15, 0.2) is 0 Å². The van der Waals surface area contributed by atoms with Gasteiger partial charge in [0, 0.05) is 31.7 Å². The highest BCUT2D eigenvalue weighted by Crippen LogP contribution is 2.70. The molecule has 2 aliphatic heterocycles. The number of ether oxygens (including phenoxy) is 1. The molecular formula is C26H38N2O4S. The fraction of sp³-hybridized carbons (Fsp3) is 0.731. The molecule has 1 aromatic rings. The number of rotatable bonds is 7. The normalized spacial score (nSPS) is 36.4. The number of sulfonamides is 1. The van der Waals surface area contributed by atoms with Crippen LogP contribution in [0.4, 0.5) is 0 Å². The molecule has 0 N–H and O–H groups in total. The Hall–Kier alpha value is -1.44. The second-order valence-corrected chi connectivity index (χ2v) is 13.2. The first-order valence-corrected chi connectivity index (χ1v) is 14.2. The molecule has 7 heteroatoms. The molecule has 0 radical (unpaired) electrons. The van der Waals surface area contributed by atoms with Crippen LogP contribution in [0.2, 0.25) is 0 Å². The Morgan fingerprint density at radius 1 is 1.18 bits per heavy atom. The molecule has 2 heterocycles. The molecule has 5 rings (SSSR count). The third-order valence-electron chi connectivity index (χ3n) is 9.37. The van der Waals surface area contributed by atoms with Crippen molar-refractivity contribution in [2.75, 3.05) is 25.4 Å². The van der Waals surface area contributed by atoms with Crippen LogP contribution in [0, 0.1) is 22.7 Å². The fourth-order valence-corrected chi connectivity index (χ4v) is 9.93. The van der Waals surface area contributed by atoms with Gasteiger partial charge in [-0.2, -0.15) is 0 Å². The van der Waals surface area contributed by atoms with Gasteiger partial charge in [-0.3, -0.25) is 9.69 Å². The molecule has 0 aromatic heterocycles. The highest BCUT2D eigenvalue weighted by molar-refractivity contribution is 7.90. The van der Waals surface area contributed by atoms with Crippen LogP contribution in [0.5, 0.6) is 0 Å².